The smallest absolute Gasteiger partial charge is 0.118 e. The van der Waals surface area contributed by atoms with Crippen LogP contribution in [0.3, 0.4) is 0 Å². The minimum absolute atomic E-state index is 0.0747. The van der Waals surface area contributed by atoms with Gasteiger partial charge in [0, 0.05) is 11.1 Å². The summed E-state index contributed by atoms with van der Waals surface area (Å²) in [5, 5.41) is 28.2. The van der Waals surface area contributed by atoms with Gasteiger partial charge in [0.15, 0.2) is 0 Å². The fourth-order valence-corrected chi connectivity index (χ4v) is 1.29. The topological polar surface area (TPSA) is 82.0 Å². The van der Waals surface area contributed by atoms with Crippen molar-refractivity contribution >= 4 is 11.0 Å². The van der Waals surface area contributed by atoms with Gasteiger partial charge in [0.25, 0.3) is 0 Å². The van der Waals surface area contributed by atoms with E-state index in [4.69, 9.17) is 10.2 Å². The lowest BCUT2D eigenvalue weighted by Crippen LogP contribution is -1.90. The molecule has 1 aromatic carbocycles. The number of hydrogen-bond donors (Lipinski definition) is 3. The summed E-state index contributed by atoms with van der Waals surface area (Å²) in [6.45, 7) is -0.149. The molecule has 13 heavy (non-hydrogen) atoms. The van der Waals surface area contributed by atoms with Gasteiger partial charge < -0.3 is 10.2 Å². The van der Waals surface area contributed by atoms with Gasteiger partial charge in [0.2, 0.25) is 0 Å². The van der Waals surface area contributed by atoms with Crippen molar-refractivity contribution in [1.82, 2.24) is 15.4 Å². The first-order valence-corrected chi connectivity index (χ1v) is 3.89. The number of nitrogens with zero attached hydrogens (tertiary/aromatic N) is 2. The van der Waals surface area contributed by atoms with Gasteiger partial charge in [-0.25, -0.2) is 0 Å². The second-order valence-corrected chi connectivity index (χ2v) is 2.72. The van der Waals surface area contributed by atoms with Crippen molar-refractivity contribution in [2.75, 3.05) is 0 Å². The van der Waals surface area contributed by atoms with Gasteiger partial charge in [-0.1, -0.05) is 12.1 Å². The molecule has 2 rings (SSSR count). The molecule has 1 aromatic heterocycles. The highest BCUT2D eigenvalue weighted by molar-refractivity contribution is 5.80. The standard InChI is InChI=1S/C8H9N3O2/c12-3-5-1-2-6(4-13)8-7(5)9-11-10-8/h1-2,12-13H,3-4H2,(H,9,10,11). The molecule has 5 heteroatoms. The first-order chi connectivity index (χ1) is 6.36. The number of H-pyrrole nitrogens is 1. The van der Waals surface area contributed by atoms with E-state index in [1.54, 1.807) is 12.1 Å². The number of hydrogen-bond acceptors (Lipinski definition) is 4. The predicted octanol–water partition coefficient (Wildman–Crippen LogP) is -0.0575. The SMILES string of the molecule is OCc1ccc(CO)c2n[nH]nc12. The van der Waals surface area contributed by atoms with Crippen LogP contribution in [0.4, 0.5) is 0 Å². The fraction of sp³-hybridized carbons (Fsp3) is 0.250. The maximum atomic E-state index is 8.97. The molecule has 3 N–H and O–H groups in total. The minimum Gasteiger partial charge on any atom is -0.392 e. The van der Waals surface area contributed by atoms with Crippen molar-refractivity contribution in [2.24, 2.45) is 0 Å². The lowest BCUT2D eigenvalue weighted by Gasteiger charge is -1.99. The third-order valence-electron chi connectivity index (χ3n) is 1.98. The molecule has 0 aliphatic carbocycles. The molecule has 0 radical (unpaired) electrons. The summed E-state index contributed by atoms with van der Waals surface area (Å²) in [5.41, 5.74) is 2.66. The van der Waals surface area contributed by atoms with E-state index in [1.807, 2.05) is 0 Å². The second-order valence-electron chi connectivity index (χ2n) is 2.72. The van der Waals surface area contributed by atoms with Crippen LogP contribution in [0.15, 0.2) is 12.1 Å². The third-order valence-corrected chi connectivity index (χ3v) is 1.98. The van der Waals surface area contributed by atoms with Crippen LogP contribution in [-0.2, 0) is 13.2 Å². The lowest BCUT2D eigenvalue weighted by atomic mass is 10.1. The van der Waals surface area contributed by atoms with Crippen molar-refractivity contribution in [2.45, 2.75) is 13.2 Å². The summed E-state index contributed by atoms with van der Waals surface area (Å²) in [5.74, 6) is 0. The van der Waals surface area contributed by atoms with E-state index >= 15 is 0 Å². The van der Waals surface area contributed by atoms with E-state index in [2.05, 4.69) is 15.4 Å². The molecule has 0 saturated carbocycles. The largest absolute Gasteiger partial charge is 0.392 e. The first kappa shape index (κ1) is 8.15. The van der Waals surface area contributed by atoms with Gasteiger partial charge in [-0.3, -0.25) is 0 Å². The van der Waals surface area contributed by atoms with Crippen LogP contribution in [0, 0.1) is 0 Å². The van der Waals surface area contributed by atoms with Crippen LogP contribution in [0.5, 0.6) is 0 Å². The zero-order valence-electron chi connectivity index (χ0n) is 6.86. The average Bonchev–Trinajstić information content (AvgIpc) is 2.64. The van der Waals surface area contributed by atoms with Crippen LogP contribution in [0.25, 0.3) is 11.0 Å². The molecule has 0 spiro atoms. The van der Waals surface area contributed by atoms with Crippen molar-refractivity contribution in [3.63, 3.8) is 0 Å². The number of aromatic nitrogens is 3. The van der Waals surface area contributed by atoms with E-state index in [0.29, 0.717) is 22.2 Å². The Bertz CT molecular complexity index is 386. The number of rotatable bonds is 2. The van der Waals surface area contributed by atoms with E-state index in [0.717, 1.165) is 0 Å². The molecule has 2 aromatic rings. The Balaban J connectivity index is 2.74. The summed E-state index contributed by atoms with van der Waals surface area (Å²) in [6, 6.07) is 3.47. The Morgan fingerprint density at radius 2 is 1.46 bits per heavy atom. The normalized spacial score (nSPS) is 10.9. The molecular weight excluding hydrogens is 170 g/mol. The highest BCUT2D eigenvalue weighted by Crippen LogP contribution is 2.18. The van der Waals surface area contributed by atoms with Gasteiger partial charge >= 0.3 is 0 Å². The Morgan fingerprint density at radius 3 is 1.85 bits per heavy atom. The van der Waals surface area contributed by atoms with E-state index in [-0.39, 0.29) is 13.2 Å². The van der Waals surface area contributed by atoms with E-state index in [1.165, 1.54) is 0 Å². The average molecular weight is 179 g/mol. The molecule has 0 fully saturated rings. The monoisotopic (exact) mass is 179 g/mol. The maximum absolute atomic E-state index is 8.97. The fourth-order valence-electron chi connectivity index (χ4n) is 1.29. The summed E-state index contributed by atoms with van der Waals surface area (Å²) in [4.78, 5) is 0. The molecule has 0 aliphatic rings. The highest BCUT2D eigenvalue weighted by Gasteiger charge is 2.07. The number of fused-ring (bicyclic) bond motifs is 1. The summed E-state index contributed by atoms with van der Waals surface area (Å²) in [7, 11) is 0. The van der Waals surface area contributed by atoms with Crippen molar-refractivity contribution < 1.29 is 10.2 Å². The summed E-state index contributed by atoms with van der Waals surface area (Å²) in [6.07, 6.45) is 0. The van der Waals surface area contributed by atoms with Gasteiger partial charge in [0.05, 0.1) is 13.2 Å². The van der Waals surface area contributed by atoms with Crippen molar-refractivity contribution in [3.05, 3.63) is 23.3 Å². The van der Waals surface area contributed by atoms with Crippen LogP contribution in [0.2, 0.25) is 0 Å². The Hall–Kier alpha value is -1.46. The summed E-state index contributed by atoms with van der Waals surface area (Å²) >= 11 is 0. The number of aliphatic hydroxyl groups excluding tert-OH is 2. The number of nitrogens with one attached hydrogen (secondary N) is 1. The van der Waals surface area contributed by atoms with Crippen LogP contribution in [0.1, 0.15) is 11.1 Å². The number of aliphatic hydroxyl groups is 2. The lowest BCUT2D eigenvalue weighted by molar-refractivity contribution is 0.280. The van der Waals surface area contributed by atoms with Gasteiger partial charge in [-0.15, -0.1) is 0 Å². The Labute approximate surface area is 74.0 Å². The quantitative estimate of drug-likeness (QED) is 0.603. The van der Waals surface area contributed by atoms with Gasteiger partial charge in [-0.2, -0.15) is 15.4 Å². The molecule has 5 nitrogen and oxygen atoms in total. The highest BCUT2D eigenvalue weighted by atomic mass is 16.3. The van der Waals surface area contributed by atoms with Crippen molar-refractivity contribution in [1.29, 1.82) is 0 Å². The van der Waals surface area contributed by atoms with Gasteiger partial charge in [-0.05, 0) is 0 Å². The Kier molecular flexibility index (Phi) is 1.96. The second kappa shape index (κ2) is 3.12. The van der Waals surface area contributed by atoms with E-state index < -0.39 is 0 Å². The number of benzene rings is 1. The zero-order valence-corrected chi connectivity index (χ0v) is 6.86. The molecule has 68 valence electrons. The molecule has 0 amide bonds. The van der Waals surface area contributed by atoms with Crippen LogP contribution in [-0.4, -0.2) is 25.6 Å². The third kappa shape index (κ3) is 1.18. The number of aromatic amines is 1. The molecule has 0 aliphatic heterocycles. The van der Waals surface area contributed by atoms with Crippen molar-refractivity contribution in [3.8, 4) is 0 Å². The molecule has 0 atom stereocenters. The van der Waals surface area contributed by atoms with Gasteiger partial charge in [0.1, 0.15) is 11.0 Å². The summed E-state index contributed by atoms with van der Waals surface area (Å²) < 4.78 is 0. The maximum Gasteiger partial charge on any atom is 0.118 e. The minimum atomic E-state index is -0.0747. The van der Waals surface area contributed by atoms with E-state index in [9.17, 15) is 0 Å². The first-order valence-electron chi connectivity index (χ1n) is 3.89. The predicted molar refractivity (Wildman–Crippen MR) is 45.7 cm³/mol. The molecule has 0 saturated heterocycles. The van der Waals surface area contributed by atoms with Crippen LogP contribution >= 0.6 is 0 Å². The molecule has 0 unspecified atom stereocenters. The Morgan fingerprint density at radius 1 is 1.00 bits per heavy atom. The molecular formula is C8H9N3O2. The molecule has 0 bridgehead atoms. The molecule has 1 heterocycles. The van der Waals surface area contributed by atoms with Crippen LogP contribution < -0.4 is 0 Å². The zero-order chi connectivity index (χ0) is 9.26.